The minimum atomic E-state index is -0.0797. The van der Waals surface area contributed by atoms with Crippen LogP contribution in [-0.4, -0.2) is 19.5 Å². The third-order valence-corrected chi connectivity index (χ3v) is 10.7. The number of fused-ring (bicyclic) bond motifs is 5. The first-order valence-electron chi connectivity index (χ1n) is 17.8. The van der Waals surface area contributed by atoms with Gasteiger partial charge in [-0.2, -0.15) is 0 Å². The van der Waals surface area contributed by atoms with E-state index >= 15 is 0 Å². The molecule has 4 heteroatoms. The lowest BCUT2D eigenvalue weighted by Gasteiger charge is -2.34. The molecule has 0 atom stereocenters. The van der Waals surface area contributed by atoms with Gasteiger partial charge in [-0.05, 0) is 63.7 Å². The van der Waals surface area contributed by atoms with E-state index in [2.05, 4.69) is 157 Å². The molecule has 0 aliphatic carbocycles. The predicted molar refractivity (Wildman–Crippen MR) is 213 cm³/mol. The van der Waals surface area contributed by atoms with Gasteiger partial charge in [-0.3, -0.25) is 4.98 Å². The summed E-state index contributed by atoms with van der Waals surface area (Å²) in [5.41, 5.74) is 15.9. The van der Waals surface area contributed by atoms with Crippen LogP contribution in [0.4, 0.5) is 0 Å². The largest absolute Gasteiger partial charge is 0.309 e. The van der Waals surface area contributed by atoms with E-state index in [1.807, 2.05) is 30.5 Å². The van der Waals surface area contributed by atoms with Gasteiger partial charge in [0, 0.05) is 45.3 Å². The summed E-state index contributed by atoms with van der Waals surface area (Å²) in [6, 6.07) is 56.2. The number of pyridine rings is 1. The van der Waals surface area contributed by atoms with Crippen molar-refractivity contribution in [1.82, 2.24) is 19.5 Å². The quantitative estimate of drug-likeness (QED) is 0.184. The third kappa shape index (κ3) is 4.79. The van der Waals surface area contributed by atoms with Gasteiger partial charge in [0.2, 0.25) is 0 Å². The topological polar surface area (TPSA) is 43.6 Å². The molecule has 0 spiro atoms. The van der Waals surface area contributed by atoms with Gasteiger partial charge in [0.1, 0.15) is 0 Å². The fourth-order valence-electron chi connectivity index (χ4n) is 8.01. The molecule has 0 unspecified atom stereocenters. The Hall–Kier alpha value is -6.65. The van der Waals surface area contributed by atoms with Gasteiger partial charge in [-0.15, -0.1) is 0 Å². The lowest BCUT2D eigenvalue weighted by atomic mass is 9.75. The zero-order chi connectivity index (χ0) is 34.8. The Balaban J connectivity index is 1.05. The molecule has 0 saturated heterocycles. The SMILES string of the molecule is CC1(C)c2ccccc2-n2c3ccc(-c4ccc(-c5cc(-c6ccc(-c7cccnc7)cc6)nc(-c6ccccc6)n5)cc4)cc3c3cccc1c32. The lowest BCUT2D eigenvalue weighted by Crippen LogP contribution is -2.26. The van der Waals surface area contributed by atoms with Crippen LogP contribution >= 0.6 is 0 Å². The van der Waals surface area contributed by atoms with Crippen LogP contribution < -0.4 is 0 Å². The fraction of sp³-hybridized carbons (Fsp3) is 0.0625. The number of para-hydroxylation sites is 2. The first-order valence-corrected chi connectivity index (χ1v) is 17.8. The van der Waals surface area contributed by atoms with Crippen molar-refractivity contribution in [3.8, 4) is 61.8 Å². The normalized spacial score (nSPS) is 13.0. The van der Waals surface area contributed by atoms with Crippen molar-refractivity contribution in [2.75, 3.05) is 0 Å². The standard InChI is InChI=1S/C48H34N4/c1-48(2)40-14-6-7-16-45(40)52-44-26-25-36(28-39(44)38-13-8-15-41(48)46(38)52)31-17-21-33(22-18-31)42-29-43(51-47(50-42)35-10-4-3-5-11-35)34-23-19-32(20-24-34)37-12-9-27-49-30-37/h3-30H,1-2H3. The molecule has 0 fully saturated rings. The summed E-state index contributed by atoms with van der Waals surface area (Å²) in [6.07, 6.45) is 3.69. The lowest BCUT2D eigenvalue weighted by molar-refractivity contribution is 0.630. The minimum absolute atomic E-state index is 0.0797. The first kappa shape index (κ1) is 30.2. The molecule has 4 heterocycles. The Bertz CT molecular complexity index is 2780. The molecule has 0 N–H and O–H groups in total. The Kier molecular flexibility index (Phi) is 6.80. The van der Waals surface area contributed by atoms with Gasteiger partial charge in [0.05, 0.1) is 28.1 Å². The molecule has 52 heavy (non-hydrogen) atoms. The average molecular weight is 667 g/mol. The predicted octanol–water partition coefficient (Wildman–Crippen LogP) is 11.9. The Morgan fingerprint density at radius 3 is 1.79 bits per heavy atom. The third-order valence-electron chi connectivity index (χ3n) is 10.7. The van der Waals surface area contributed by atoms with Gasteiger partial charge in [0.15, 0.2) is 5.82 Å². The van der Waals surface area contributed by atoms with E-state index < -0.39 is 0 Å². The number of hydrogen-bond donors (Lipinski definition) is 0. The van der Waals surface area contributed by atoms with Gasteiger partial charge in [-0.1, -0.05) is 141 Å². The van der Waals surface area contributed by atoms with E-state index in [-0.39, 0.29) is 5.41 Å². The highest BCUT2D eigenvalue weighted by molar-refractivity contribution is 6.12. The van der Waals surface area contributed by atoms with Crippen LogP contribution in [0.3, 0.4) is 0 Å². The Labute approximate surface area is 302 Å². The highest BCUT2D eigenvalue weighted by Crippen LogP contribution is 2.47. The summed E-state index contributed by atoms with van der Waals surface area (Å²) in [5.74, 6) is 0.705. The van der Waals surface area contributed by atoms with Crippen molar-refractivity contribution in [1.29, 1.82) is 0 Å². The highest BCUT2D eigenvalue weighted by Gasteiger charge is 2.34. The molecule has 4 nitrogen and oxygen atoms in total. The molecule has 0 amide bonds. The first-order chi connectivity index (χ1) is 25.5. The maximum Gasteiger partial charge on any atom is 0.160 e. The van der Waals surface area contributed by atoms with E-state index in [0.717, 1.165) is 39.2 Å². The van der Waals surface area contributed by atoms with E-state index in [9.17, 15) is 0 Å². The van der Waals surface area contributed by atoms with Crippen LogP contribution in [0.5, 0.6) is 0 Å². The van der Waals surface area contributed by atoms with Gasteiger partial charge >= 0.3 is 0 Å². The zero-order valence-corrected chi connectivity index (χ0v) is 29.0. The van der Waals surface area contributed by atoms with Crippen LogP contribution in [-0.2, 0) is 5.41 Å². The van der Waals surface area contributed by atoms with Crippen molar-refractivity contribution >= 4 is 21.8 Å². The van der Waals surface area contributed by atoms with E-state index in [4.69, 9.17) is 9.97 Å². The number of benzene rings is 6. The average Bonchev–Trinajstić information content (AvgIpc) is 3.55. The molecule has 9 aromatic rings. The smallest absolute Gasteiger partial charge is 0.160 e. The Morgan fingerprint density at radius 1 is 0.462 bits per heavy atom. The van der Waals surface area contributed by atoms with E-state index in [1.165, 1.54) is 49.7 Å². The summed E-state index contributed by atoms with van der Waals surface area (Å²) in [5, 5.41) is 2.57. The molecular weight excluding hydrogens is 633 g/mol. The minimum Gasteiger partial charge on any atom is -0.309 e. The van der Waals surface area contributed by atoms with Crippen LogP contribution in [0, 0.1) is 0 Å². The fourth-order valence-corrected chi connectivity index (χ4v) is 8.01. The molecule has 0 saturated carbocycles. The van der Waals surface area contributed by atoms with Gasteiger partial charge in [-0.25, -0.2) is 9.97 Å². The summed E-state index contributed by atoms with van der Waals surface area (Å²) < 4.78 is 2.47. The van der Waals surface area contributed by atoms with Gasteiger partial charge < -0.3 is 4.57 Å². The summed E-state index contributed by atoms with van der Waals surface area (Å²) in [4.78, 5) is 14.4. The van der Waals surface area contributed by atoms with Gasteiger partial charge in [0.25, 0.3) is 0 Å². The van der Waals surface area contributed by atoms with E-state index in [0.29, 0.717) is 5.82 Å². The summed E-state index contributed by atoms with van der Waals surface area (Å²) in [7, 11) is 0. The van der Waals surface area contributed by atoms with Crippen LogP contribution in [0.15, 0.2) is 170 Å². The molecular formula is C48H34N4. The molecule has 246 valence electrons. The second kappa shape index (κ2) is 11.7. The summed E-state index contributed by atoms with van der Waals surface area (Å²) in [6.45, 7) is 4.69. The van der Waals surface area contributed by atoms with Crippen molar-refractivity contribution in [2.24, 2.45) is 0 Å². The molecule has 3 aromatic heterocycles. The molecule has 6 aromatic carbocycles. The van der Waals surface area contributed by atoms with Crippen LogP contribution in [0.25, 0.3) is 83.6 Å². The molecule has 1 aliphatic heterocycles. The maximum atomic E-state index is 5.08. The van der Waals surface area contributed by atoms with E-state index in [1.54, 1.807) is 6.20 Å². The Morgan fingerprint density at radius 2 is 1.08 bits per heavy atom. The monoisotopic (exact) mass is 666 g/mol. The highest BCUT2D eigenvalue weighted by atomic mass is 15.0. The van der Waals surface area contributed by atoms with Crippen molar-refractivity contribution in [3.05, 3.63) is 181 Å². The second-order valence-corrected chi connectivity index (χ2v) is 14.1. The van der Waals surface area contributed by atoms with Crippen LogP contribution in [0.2, 0.25) is 0 Å². The number of nitrogens with zero attached hydrogens (tertiary/aromatic N) is 4. The number of rotatable bonds is 5. The van der Waals surface area contributed by atoms with Crippen molar-refractivity contribution < 1.29 is 0 Å². The van der Waals surface area contributed by atoms with Crippen LogP contribution in [0.1, 0.15) is 25.0 Å². The second-order valence-electron chi connectivity index (χ2n) is 14.1. The molecule has 10 rings (SSSR count). The zero-order valence-electron chi connectivity index (χ0n) is 29.0. The maximum absolute atomic E-state index is 5.08. The van der Waals surface area contributed by atoms with Crippen molar-refractivity contribution in [2.45, 2.75) is 19.3 Å². The summed E-state index contributed by atoms with van der Waals surface area (Å²) >= 11 is 0. The molecule has 0 radical (unpaired) electrons. The molecule has 0 bridgehead atoms. The number of hydrogen-bond acceptors (Lipinski definition) is 3. The number of aromatic nitrogens is 4. The van der Waals surface area contributed by atoms with Crippen molar-refractivity contribution in [3.63, 3.8) is 0 Å². The molecule has 1 aliphatic rings.